The van der Waals surface area contributed by atoms with Gasteiger partial charge in [-0.15, -0.1) is 0 Å². The molecular formula is C5H13NOS. The predicted octanol–water partition coefficient (Wildman–Crippen LogP) is -0.0272. The van der Waals surface area contributed by atoms with Crippen molar-refractivity contribution in [2.24, 2.45) is 0 Å². The highest BCUT2D eigenvalue weighted by molar-refractivity contribution is 7.84. The van der Waals surface area contributed by atoms with Crippen LogP contribution in [-0.4, -0.2) is 29.3 Å². The molecule has 8 heavy (non-hydrogen) atoms. The third-order valence-corrected chi connectivity index (χ3v) is 1.95. The van der Waals surface area contributed by atoms with E-state index in [2.05, 4.69) is 5.32 Å². The molecule has 0 rings (SSSR count). The normalized spacial score (nSPS) is 17.9. The zero-order valence-corrected chi connectivity index (χ0v) is 6.42. The van der Waals surface area contributed by atoms with Crippen molar-refractivity contribution in [3.63, 3.8) is 0 Å². The van der Waals surface area contributed by atoms with Crippen molar-refractivity contribution in [3.8, 4) is 0 Å². The molecule has 0 aromatic heterocycles. The highest BCUT2D eigenvalue weighted by Gasteiger charge is 1.97. The molecule has 0 heterocycles. The highest BCUT2D eigenvalue weighted by Crippen LogP contribution is 1.81. The predicted molar refractivity (Wildman–Crippen MR) is 37.5 cm³/mol. The van der Waals surface area contributed by atoms with E-state index in [0.717, 1.165) is 5.75 Å². The van der Waals surface area contributed by atoms with E-state index in [9.17, 15) is 4.21 Å². The van der Waals surface area contributed by atoms with Gasteiger partial charge in [-0.1, -0.05) is 0 Å². The second-order valence-electron chi connectivity index (χ2n) is 1.93. The second-order valence-corrected chi connectivity index (χ2v) is 3.41. The van der Waals surface area contributed by atoms with E-state index < -0.39 is 10.8 Å². The molecule has 0 aliphatic rings. The van der Waals surface area contributed by atoms with Crippen LogP contribution in [0.5, 0.6) is 0 Å². The van der Waals surface area contributed by atoms with Gasteiger partial charge in [0.2, 0.25) is 0 Å². The summed E-state index contributed by atoms with van der Waals surface area (Å²) in [5.74, 6) is 0.747. The van der Waals surface area contributed by atoms with E-state index >= 15 is 0 Å². The average Bonchev–Trinajstić information content (AvgIpc) is 1.65. The minimum Gasteiger partial charge on any atom is -0.316 e. The van der Waals surface area contributed by atoms with Crippen molar-refractivity contribution in [2.75, 3.05) is 19.1 Å². The van der Waals surface area contributed by atoms with E-state index in [0.29, 0.717) is 6.04 Å². The molecular weight excluding hydrogens is 122 g/mol. The van der Waals surface area contributed by atoms with Crippen LogP contribution >= 0.6 is 0 Å². The van der Waals surface area contributed by atoms with Gasteiger partial charge >= 0.3 is 0 Å². The van der Waals surface area contributed by atoms with E-state index in [1.807, 2.05) is 14.0 Å². The Labute approximate surface area is 53.1 Å². The molecule has 2 nitrogen and oxygen atoms in total. The van der Waals surface area contributed by atoms with Gasteiger partial charge in [-0.2, -0.15) is 0 Å². The van der Waals surface area contributed by atoms with Crippen LogP contribution < -0.4 is 5.32 Å². The molecule has 0 unspecified atom stereocenters. The first kappa shape index (κ1) is 8.11. The van der Waals surface area contributed by atoms with Crippen molar-refractivity contribution in [3.05, 3.63) is 0 Å². The van der Waals surface area contributed by atoms with Crippen molar-refractivity contribution < 1.29 is 4.21 Å². The SMILES string of the molecule is CN[C@@H](C)C[S@@](C)=O. The summed E-state index contributed by atoms with van der Waals surface area (Å²) in [6.45, 7) is 2.02. The van der Waals surface area contributed by atoms with E-state index in [4.69, 9.17) is 0 Å². The Morgan fingerprint density at radius 2 is 2.25 bits per heavy atom. The Hall–Kier alpha value is 0.110. The summed E-state index contributed by atoms with van der Waals surface area (Å²) in [5, 5.41) is 3.00. The Morgan fingerprint density at radius 1 is 1.75 bits per heavy atom. The first-order chi connectivity index (χ1) is 3.66. The van der Waals surface area contributed by atoms with Gasteiger partial charge in [0.15, 0.2) is 0 Å². The third-order valence-electron chi connectivity index (χ3n) is 0.978. The lowest BCUT2D eigenvalue weighted by atomic mass is 10.4. The summed E-state index contributed by atoms with van der Waals surface area (Å²) < 4.78 is 10.5. The average molecular weight is 135 g/mol. The zero-order chi connectivity index (χ0) is 6.57. The molecule has 1 N–H and O–H groups in total. The Balaban J connectivity index is 3.24. The smallest absolute Gasteiger partial charge is 0.0383 e. The molecule has 0 fully saturated rings. The molecule has 0 aliphatic carbocycles. The van der Waals surface area contributed by atoms with Gasteiger partial charge in [-0.25, -0.2) is 0 Å². The fourth-order valence-electron chi connectivity index (χ4n) is 0.435. The number of hydrogen-bond acceptors (Lipinski definition) is 2. The Bertz CT molecular complexity index is 84.5. The third kappa shape index (κ3) is 4.27. The molecule has 3 heteroatoms. The van der Waals surface area contributed by atoms with Gasteiger partial charge in [0.25, 0.3) is 0 Å². The van der Waals surface area contributed by atoms with Crippen molar-refractivity contribution in [2.45, 2.75) is 13.0 Å². The molecule has 0 amide bonds. The Morgan fingerprint density at radius 3 is 2.38 bits per heavy atom. The molecule has 0 aromatic rings. The van der Waals surface area contributed by atoms with Crippen LogP contribution in [-0.2, 0) is 10.8 Å². The molecule has 0 saturated heterocycles. The van der Waals surface area contributed by atoms with Crippen LogP contribution in [0.25, 0.3) is 0 Å². The fraction of sp³-hybridized carbons (Fsp3) is 1.00. The van der Waals surface area contributed by atoms with Crippen LogP contribution in [0.15, 0.2) is 0 Å². The summed E-state index contributed by atoms with van der Waals surface area (Å²) >= 11 is 0. The molecule has 0 aromatic carbocycles. The monoisotopic (exact) mass is 135 g/mol. The number of rotatable bonds is 3. The van der Waals surface area contributed by atoms with E-state index in [1.165, 1.54) is 0 Å². The molecule has 0 saturated carbocycles. The quantitative estimate of drug-likeness (QED) is 0.589. The topological polar surface area (TPSA) is 29.1 Å². The van der Waals surface area contributed by atoms with Crippen molar-refractivity contribution in [1.82, 2.24) is 5.32 Å². The number of nitrogens with one attached hydrogen (secondary N) is 1. The van der Waals surface area contributed by atoms with E-state index in [1.54, 1.807) is 6.26 Å². The van der Waals surface area contributed by atoms with Crippen molar-refractivity contribution >= 4 is 10.8 Å². The largest absolute Gasteiger partial charge is 0.316 e. The molecule has 0 aliphatic heterocycles. The first-order valence-electron chi connectivity index (χ1n) is 2.64. The summed E-state index contributed by atoms with van der Waals surface area (Å²) in [4.78, 5) is 0. The first-order valence-corrected chi connectivity index (χ1v) is 4.37. The van der Waals surface area contributed by atoms with Crippen molar-refractivity contribution in [1.29, 1.82) is 0 Å². The van der Waals surface area contributed by atoms with Gasteiger partial charge in [-0.3, -0.25) is 4.21 Å². The maximum Gasteiger partial charge on any atom is 0.0383 e. The van der Waals surface area contributed by atoms with Gasteiger partial charge in [0, 0.05) is 28.9 Å². The molecule has 0 bridgehead atoms. The van der Waals surface area contributed by atoms with E-state index in [-0.39, 0.29) is 0 Å². The van der Waals surface area contributed by atoms with Crippen LogP contribution in [0.3, 0.4) is 0 Å². The summed E-state index contributed by atoms with van der Waals surface area (Å²) in [6, 6.07) is 0.376. The summed E-state index contributed by atoms with van der Waals surface area (Å²) in [6.07, 6.45) is 1.72. The van der Waals surface area contributed by atoms with Gasteiger partial charge < -0.3 is 5.32 Å². The maximum atomic E-state index is 10.5. The number of hydrogen-bond donors (Lipinski definition) is 1. The van der Waals surface area contributed by atoms with Crippen LogP contribution in [0.4, 0.5) is 0 Å². The van der Waals surface area contributed by atoms with Gasteiger partial charge in [0.1, 0.15) is 0 Å². The standard InChI is InChI=1S/C5H13NOS/c1-5(6-2)4-8(3)7/h5-6H,4H2,1-3H3/t5-,8+/m0/s1. The van der Waals surface area contributed by atoms with Crippen LogP contribution in [0.1, 0.15) is 6.92 Å². The highest BCUT2D eigenvalue weighted by atomic mass is 32.2. The minimum atomic E-state index is -0.658. The van der Waals surface area contributed by atoms with Crippen LogP contribution in [0.2, 0.25) is 0 Å². The van der Waals surface area contributed by atoms with Gasteiger partial charge in [-0.05, 0) is 14.0 Å². The maximum absolute atomic E-state index is 10.5. The minimum absolute atomic E-state index is 0.376. The molecule has 50 valence electrons. The van der Waals surface area contributed by atoms with Crippen LogP contribution in [0, 0.1) is 0 Å². The second kappa shape index (κ2) is 4.04. The lowest BCUT2D eigenvalue weighted by Gasteiger charge is -2.05. The molecule has 0 radical (unpaired) electrons. The fourth-order valence-corrected chi connectivity index (χ4v) is 1.31. The van der Waals surface area contributed by atoms with Gasteiger partial charge in [0.05, 0.1) is 0 Å². The summed E-state index contributed by atoms with van der Waals surface area (Å²) in [7, 11) is 1.21. The lowest BCUT2D eigenvalue weighted by Crippen LogP contribution is -2.26. The zero-order valence-electron chi connectivity index (χ0n) is 5.60. The summed E-state index contributed by atoms with van der Waals surface area (Å²) in [5.41, 5.74) is 0. The lowest BCUT2D eigenvalue weighted by molar-refractivity contribution is 0.649. The molecule has 0 spiro atoms. The molecule has 2 atom stereocenters. The Kier molecular flexibility index (Phi) is 4.09.